The Bertz CT molecular complexity index is 422. The summed E-state index contributed by atoms with van der Waals surface area (Å²) in [6.07, 6.45) is 7.60. The van der Waals surface area contributed by atoms with E-state index in [0.29, 0.717) is 18.3 Å². The van der Waals surface area contributed by atoms with Gasteiger partial charge in [-0.25, -0.2) is 9.13 Å². The maximum absolute atomic E-state index is 11.3. The molecule has 0 radical (unpaired) electrons. The first-order valence-corrected chi connectivity index (χ1v) is 11.7. The molecule has 3 N–H and O–H groups in total. The van der Waals surface area contributed by atoms with Crippen molar-refractivity contribution in [3.05, 3.63) is 0 Å². The van der Waals surface area contributed by atoms with Gasteiger partial charge in [-0.1, -0.05) is 66.2 Å². The van der Waals surface area contributed by atoms with Gasteiger partial charge in [-0.2, -0.15) is 4.31 Å². The lowest BCUT2D eigenvalue weighted by molar-refractivity contribution is 0.169. The molecule has 0 amide bonds. The van der Waals surface area contributed by atoms with Crippen LogP contribution in [-0.4, -0.2) is 21.3 Å². The molecule has 1 unspecified atom stereocenters. The summed E-state index contributed by atoms with van der Waals surface area (Å²) in [4.78, 5) is 26.1. The van der Waals surface area contributed by atoms with Crippen molar-refractivity contribution in [1.82, 2.24) is 0 Å². The third-order valence-corrected chi connectivity index (χ3v) is 6.13. The van der Waals surface area contributed by atoms with Crippen molar-refractivity contribution >= 4 is 15.6 Å². The van der Waals surface area contributed by atoms with E-state index in [0.717, 1.165) is 18.8 Å². The van der Waals surface area contributed by atoms with Crippen molar-refractivity contribution in [3.63, 3.8) is 0 Å². The molecule has 24 heavy (non-hydrogen) atoms. The number of hydrogen-bond acceptors (Lipinski definition) is 4. The highest BCUT2D eigenvalue weighted by Gasteiger charge is 2.32. The van der Waals surface area contributed by atoms with Gasteiger partial charge in [0.25, 0.3) is 0 Å². The SMILES string of the molecule is CC(C)CCC[C@H](C)CCC[C@@H](C)CCOP(=O)(O)OP(=O)(O)O. The summed E-state index contributed by atoms with van der Waals surface area (Å²) in [5.74, 6) is 1.78. The first kappa shape index (κ1) is 24.3. The lowest BCUT2D eigenvalue weighted by atomic mass is 9.93. The zero-order chi connectivity index (χ0) is 18.8. The molecule has 7 nitrogen and oxygen atoms in total. The van der Waals surface area contributed by atoms with E-state index in [4.69, 9.17) is 14.7 Å². The molecule has 9 heteroatoms. The molecule has 0 heterocycles. The van der Waals surface area contributed by atoms with Crippen LogP contribution >= 0.6 is 15.6 Å². The summed E-state index contributed by atoms with van der Waals surface area (Å²) in [5.41, 5.74) is 0. The minimum absolute atomic E-state index is 0.0705. The van der Waals surface area contributed by atoms with Crippen LogP contribution in [0.4, 0.5) is 0 Å². The van der Waals surface area contributed by atoms with Crippen molar-refractivity contribution < 1.29 is 32.6 Å². The van der Waals surface area contributed by atoms with Crippen molar-refractivity contribution in [2.45, 2.75) is 72.6 Å². The third kappa shape index (κ3) is 15.8. The van der Waals surface area contributed by atoms with E-state index in [1.54, 1.807) is 0 Å². The Morgan fingerprint density at radius 3 is 1.71 bits per heavy atom. The third-order valence-electron chi connectivity index (χ3n) is 3.95. The molecule has 3 atom stereocenters. The highest BCUT2D eigenvalue weighted by molar-refractivity contribution is 7.60. The fourth-order valence-electron chi connectivity index (χ4n) is 2.51. The number of phosphoric ester groups is 1. The Labute approximate surface area is 146 Å². The second kappa shape index (κ2) is 11.8. The van der Waals surface area contributed by atoms with Crippen molar-refractivity contribution in [2.75, 3.05) is 6.61 Å². The number of hydrogen-bond donors (Lipinski definition) is 3. The van der Waals surface area contributed by atoms with E-state index in [2.05, 4.69) is 29.6 Å². The molecule has 0 aromatic heterocycles. The van der Waals surface area contributed by atoms with E-state index >= 15 is 0 Å². The van der Waals surface area contributed by atoms with Crippen molar-refractivity contribution in [1.29, 1.82) is 0 Å². The standard InChI is InChI=1S/C15H34O7P2/c1-13(2)7-5-8-14(3)9-6-10-15(4)11-12-21-24(19,20)22-23(16,17)18/h13-15H,5-12H2,1-4H3,(H,19,20)(H2,16,17,18)/t14-,15+/m0/s1. The molecular formula is C15H34O7P2. The van der Waals surface area contributed by atoms with Gasteiger partial charge in [-0.3, -0.25) is 4.52 Å². The Kier molecular flexibility index (Phi) is 11.9. The highest BCUT2D eigenvalue weighted by Crippen LogP contribution is 2.57. The van der Waals surface area contributed by atoms with Gasteiger partial charge < -0.3 is 14.7 Å². The van der Waals surface area contributed by atoms with Gasteiger partial charge in [0.15, 0.2) is 0 Å². The predicted molar refractivity (Wildman–Crippen MR) is 94.4 cm³/mol. The summed E-state index contributed by atoms with van der Waals surface area (Å²) in [6.45, 7) is 8.71. The Balaban J connectivity index is 3.78. The second-order valence-electron chi connectivity index (χ2n) is 7.13. The molecule has 0 saturated heterocycles. The van der Waals surface area contributed by atoms with Crippen LogP contribution in [0.15, 0.2) is 0 Å². The Hall–Kier alpha value is 0.260. The lowest BCUT2D eigenvalue weighted by Gasteiger charge is -2.16. The summed E-state index contributed by atoms with van der Waals surface area (Å²) < 4.78 is 30.1. The molecule has 0 bridgehead atoms. The van der Waals surface area contributed by atoms with Crippen LogP contribution in [0.1, 0.15) is 72.6 Å². The minimum Gasteiger partial charge on any atom is -0.302 e. The second-order valence-corrected chi connectivity index (χ2v) is 9.96. The zero-order valence-electron chi connectivity index (χ0n) is 15.3. The topological polar surface area (TPSA) is 113 Å². The quantitative estimate of drug-likeness (QED) is 0.364. The van der Waals surface area contributed by atoms with Crippen LogP contribution in [0, 0.1) is 17.8 Å². The van der Waals surface area contributed by atoms with Gasteiger partial charge in [-0.15, -0.1) is 0 Å². The Morgan fingerprint density at radius 2 is 1.25 bits per heavy atom. The van der Waals surface area contributed by atoms with Crippen LogP contribution in [0.3, 0.4) is 0 Å². The Morgan fingerprint density at radius 1 is 0.792 bits per heavy atom. The van der Waals surface area contributed by atoms with Gasteiger partial charge in [0, 0.05) is 0 Å². The van der Waals surface area contributed by atoms with E-state index in [1.165, 1.54) is 25.7 Å². The van der Waals surface area contributed by atoms with Crippen LogP contribution < -0.4 is 0 Å². The molecule has 0 rings (SSSR count). The summed E-state index contributed by atoms with van der Waals surface area (Å²) >= 11 is 0. The average Bonchev–Trinajstić information content (AvgIpc) is 2.34. The molecule has 0 saturated carbocycles. The van der Waals surface area contributed by atoms with Gasteiger partial charge in [0.1, 0.15) is 0 Å². The van der Waals surface area contributed by atoms with E-state index in [-0.39, 0.29) is 6.61 Å². The molecule has 0 aliphatic heterocycles. The van der Waals surface area contributed by atoms with Gasteiger partial charge >= 0.3 is 15.6 Å². The summed E-state index contributed by atoms with van der Waals surface area (Å²) in [5, 5.41) is 0. The molecule has 146 valence electrons. The van der Waals surface area contributed by atoms with Crippen LogP contribution in [0.5, 0.6) is 0 Å². The molecule has 0 aliphatic rings. The number of rotatable bonds is 14. The van der Waals surface area contributed by atoms with E-state index in [9.17, 15) is 9.13 Å². The monoisotopic (exact) mass is 388 g/mol. The summed E-state index contributed by atoms with van der Waals surface area (Å²) in [6, 6.07) is 0. The highest BCUT2D eigenvalue weighted by atomic mass is 31.3. The molecule has 0 aromatic rings. The van der Waals surface area contributed by atoms with Gasteiger partial charge in [0.2, 0.25) is 0 Å². The smallest absolute Gasteiger partial charge is 0.302 e. The first-order valence-electron chi connectivity index (χ1n) is 8.65. The molecular weight excluding hydrogens is 354 g/mol. The van der Waals surface area contributed by atoms with E-state index in [1.807, 2.05) is 6.92 Å². The molecule has 0 aliphatic carbocycles. The van der Waals surface area contributed by atoms with Crippen LogP contribution in [0.2, 0.25) is 0 Å². The van der Waals surface area contributed by atoms with Gasteiger partial charge in [0.05, 0.1) is 6.61 Å². The fourth-order valence-corrected chi connectivity index (χ4v) is 4.11. The predicted octanol–water partition coefficient (Wildman–Crippen LogP) is 4.87. The van der Waals surface area contributed by atoms with Crippen LogP contribution in [-0.2, 0) is 18.0 Å². The molecule has 0 fully saturated rings. The normalized spacial score (nSPS) is 17.7. The maximum atomic E-state index is 11.3. The largest absolute Gasteiger partial charge is 0.481 e. The minimum atomic E-state index is -5.03. The van der Waals surface area contributed by atoms with Crippen molar-refractivity contribution in [3.8, 4) is 0 Å². The maximum Gasteiger partial charge on any atom is 0.481 e. The summed E-state index contributed by atoms with van der Waals surface area (Å²) in [7, 11) is -9.73. The molecule has 0 aromatic carbocycles. The van der Waals surface area contributed by atoms with Gasteiger partial charge in [-0.05, 0) is 24.2 Å². The van der Waals surface area contributed by atoms with Crippen LogP contribution in [0.25, 0.3) is 0 Å². The molecule has 0 spiro atoms. The van der Waals surface area contributed by atoms with Crippen molar-refractivity contribution in [2.24, 2.45) is 17.8 Å². The van der Waals surface area contributed by atoms with E-state index < -0.39 is 15.6 Å². The average molecular weight is 388 g/mol. The lowest BCUT2D eigenvalue weighted by Crippen LogP contribution is -2.03. The fraction of sp³-hybridized carbons (Fsp3) is 1.00. The zero-order valence-corrected chi connectivity index (χ0v) is 17.0. The number of phosphoric acid groups is 2. The first-order chi connectivity index (χ1) is 10.9.